The maximum absolute atomic E-state index is 12.4. The van der Waals surface area contributed by atoms with Crippen molar-refractivity contribution in [3.8, 4) is 6.07 Å². The molecule has 1 saturated heterocycles. The van der Waals surface area contributed by atoms with Gasteiger partial charge in [-0.05, 0) is 38.1 Å². The Bertz CT molecular complexity index is 488. The van der Waals surface area contributed by atoms with Crippen LogP contribution in [0.5, 0.6) is 0 Å². The lowest BCUT2D eigenvalue weighted by Crippen LogP contribution is -2.57. The highest BCUT2D eigenvalue weighted by Gasteiger charge is 2.46. The lowest BCUT2D eigenvalue weighted by atomic mass is 9.70. The number of amides is 2. The normalized spacial score (nSPS) is 27.2. The maximum atomic E-state index is 12.4. The average molecular weight is 334 g/mol. The molecule has 2 amide bonds. The van der Waals surface area contributed by atoms with Gasteiger partial charge >= 0.3 is 0 Å². The van der Waals surface area contributed by atoms with Crippen LogP contribution < -0.4 is 16.4 Å². The second-order valence-electron chi connectivity index (χ2n) is 7.48. The van der Waals surface area contributed by atoms with Gasteiger partial charge in [0.25, 0.3) is 0 Å². The van der Waals surface area contributed by atoms with Crippen molar-refractivity contribution in [2.75, 3.05) is 13.1 Å². The van der Waals surface area contributed by atoms with Gasteiger partial charge in [0.05, 0.1) is 17.5 Å². The van der Waals surface area contributed by atoms with Gasteiger partial charge in [-0.25, -0.2) is 0 Å². The molecule has 0 bridgehead atoms. The number of primary amides is 1. The molecule has 134 valence electrons. The van der Waals surface area contributed by atoms with Crippen LogP contribution in [-0.2, 0) is 9.59 Å². The third-order valence-electron chi connectivity index (χ3n) is 5.72. The number of hydrogen-bond acceptors (Lipinski definition) is 4. The van der Waals surface area contributed by atoms with Crippen LogP contribution in [0.2, 0.25) is 0 Å². The van der Waals surface area contributed by atoms with E-state index in [1.54, 1.807) is 6.92 Å². The number of carbonyl (C=O) groups excluding carboxylic acids is 2. The zero-order valence-electron chi connectivity index (χ0n) is 14.6. The van der Waals surface area contributed by atoms with E-state index in [9.17, 15) is 14.9 Å². The zero-order chi connectivity index (χ0) is 17.6. The van der Waals surface area contributed by atoms with Crippen LogP contribution >= 0.6 is 0 Å². The second kappa shape index (κ2) is 8.48. The Morgan fingerprint density at radius 3 is 2.62 bits per heavy atom. The van der Waals surface area contributed by atoms with Gasteiger partial charge < -0.3 is 16.4 Å². The minimum atomic E-state index is -0.468. The number of hydrogen-bond donors (Lipinski definition) is 3. The van der Waals surface area contributed by atoms with Gasteiger partial charge in [-0.2, -0.15) is 5.26 Å². The molecule has 0 spiro atoms. The zero-order valence-corrected chi connectivity index (χ0v) is 14.6. The van der Waals surface area contributed by atoms with E-state index in [-0.39, 0.29) is 30.1 Å². The molecule has 2 fully saturated rings. The molecule has 0 aromatic heterocycles. The largest absolute Gasteiger partial charge is 0.369 e. The molecule has 1 aliphatic heterocycles. The van der Waals surface area contributed by atoms with Crippen molar-refractivity contribution in [2.45, 2.75) is 63.8 Å². The Hall–Kier alpha value is -1.61. The number of nitriles is 1. The summed E-state index contributed by atoms with van der Waals surface area (Å²) >= 11 is 0. The molecule has 0 aromatic rings. The first kappa shape index (κ1) is 18.7. The van der Waals surface area contributed by atoms with Crippen LogP contribution in [-0.4, -0.2) is 30.4 Å². The summed E-state index contributed by atoms with van der Waals surface area (Å²) in [6.45, 7) is 3.21. The van der Waals surface area contributed by atoms with Crippen molar-refractivity contribution >= 4 is 11.8 Å². The smallest absolute Gasteiger partial charge is 0.220 e. The van der Waals surface area contributed by atoms with E-state index in [2.05, 4.69) is 16.7 Å². The minimum absolute atomic E-state index is 0.0807. The van der Waals surface area contributed by atoms with E-state index >= 15 is 0 Å². The van der Waals surface area contributed by atoms with Crippen molar-refractivity contribution in [1.82, 2.24) is 10.6 Å². The molecule has 2 aliphatic rings. The van der Waals surface area contributed by atoms with E-state index < -0.39 is 5.54 Å². The Kier molecular flexibility index (Phi) is 6.61. The van der Waals surface area contributed by atoms with Crippen LogP contribution in [0.1, 0.15) is 58.3 Å². The molecule has 6 heteroatoms. The van der Waals surface area contributed by atoms with Crippen molar-refractivity contribution in [1.29, 1.82) is 5.26 Å². The summed E-state index contributed by atoms with van der Waals surface area (Å²) in [7, 11) is 0. The summed E-state index contributed by atoms with van der Waals surface area (Å²) in [5.41, 5.74) is 4.79. The monoisotopic (exact) mass is 334 g/mol. The van der Waals surface area contributed by atoms with Crippen LogP contribution in [0.15, 0.2) is 0 Å². The molecule has 0 aromatic carbocycles. The summed E-state index contributed by atoms with van der Waals surface area (Å²) in [4.78, 5) is 23.6. The number of carbonyl (C=O) groups is 2. The van der Waals surface area contributed by atoms with E-state index in [1.165, 1.54) is 19.3 Å². The first-order chi connectivity index (χ1) is 11.5. The second-order valence-corrected chi connectivity index (χ2v) is 7.48. The Morgan fingerprint density at radius 2 is 2.08 bits per heavy atom. The molecule has 1 aliphatic carbocycles. The fourth-order valence-electron chi connectivity index (χ4n) is 4.14. The van der Waals surface area contributed by atoms with Gasteiger partial charge in [0.15, 0.2) is 0 Å². The van der Waals surface area contributed by atoms with Crippen LogP contribution in [0.4, 0.5) is 0 Å². The number of rotatable bonds is 7. The average Bonchev–Trinajstić information content (AvgIpc) is 3.03. The van der Waals surface area contributed by atoms with Gasteiger partial charge in [0.1, 0.15) is 0 Å². The maximum Gasteiger partial charge on any atom is 0.220 e. The predicted octanol–water partition coefficient (Wildman–Crippen LogP) is 1.46. The predicted molar refractivity (Wildman–Crippen MR) is 91.6 cm³/mol. The molecule has 1 saturated carbocycles. The summed E-state index contributed by atoms with van der Waals surface area (Å²) < 4.78 is 0. The van der Waals surface area contributed by atoms with E-state index in [0.29, 0.717) is 18.9 Å². The summed E-state index contributed by atoms with van der Waals surface area (Å²) in [6.07, 6.45) is 7.27. The highest BCUT2D eigenvalue weighted by atomic mass is 16.2. The van der Waals surface area contributed by atoms with Crippen molar-refractivity contribution in [2.24, 2.45) is 23.5 Å². The minimum Gasteiger partial charge on any atom is -0.369 e. The van der Waals surface area contributed by atoms with Crippen molar-refractivity contribution in [3.63, 3.8) is 0 Å². The Labute approximate surface area is 144 Å². The molecule has 24 heavy (non-hydrogen) atoms. The lowest BCUT2D eigenvalue weighted by Gasteiger charge is -2.39. The standard InChI is InChI=1S/C18H30N4O2/c1-13(17(20)24)7-8-16(23)22-18(9-10-21-12-18)15(11-19)14-5-3-2-4-6-14/h13-15,21H,2-10,12H2,1H3,(H2,20,24)(H,22,23). The van der Waals surface area contributed by atoms with E-state index in [1.807, 2.05) is 0 Å². The number of nitrogens with two attached hydrogens (primary N) is 1. The van der Waals surface area contributed by atoms with Gasteiger partial charge in [-0.3, -0.25) is 9.59 Å². The molecular formula is C18H30N4O2. The molecule has 4 N–H and O–H groups in total. The Balaban J connectivity index is 2.02. The molecule has 2 rings (SSSR count). The molecule has 0 radical (unpaired) electrons. The Morgan fingerprint density at radius 1 is 1.38 bits per heavy atom. The number of nitrogens with zero attached hydrogens (tertiary/aromatic N) is 1. The fourth-order valence-corrected chi connectivity index (χ4v) is 4.14. The van der Waals surface area contributed by atoms with E-state index in [4.69, 9.17) is 5.73 Å². The third kappa shape index (κ3) is 4.47. The first-order valence-electron chi connectivity index (χ1n) is 9.19. The molecular weight excluding hydrogens is 304 g/mol. The van der Waals surface area contributed by atoms with Gasteiger partial charge in [0.2, 0.25) is 11.8 Å². The summed E-state index contributed by atoms with van der Waals surface area (Å²) in [6, 6.07) is 2.51. The summed E-state index contributed by atoms with van der Waals surface area (Å²) in [5.74, 6) is -0.544. The first-order valence-corrected chi connectivity index (χ1v) is 9.19. The quantitative estimate of drug-likeness (QED) is 0.655. The molecule has 6 nitrogen and oxygen atoms in total. The highest BCUT2D eigenvalue weighted by molar-refractivity contribution is 5.79. The summed E-state index contributed by atoms with van der Waals surface area (Å²) in [5, 5.41) is 16.3. The molecule has 3 unspecified atom stereocenters. The van der Waals surface area contributed by atoms with Gasteiger partial charge in [0, 0.05) is 18.9 Å². The fraction of sp³-hybridized carbons (Fsp3) is 0.833. The van der Waals surface area contributed by atoms with Crippen molar-refractivity contribution < 1.29 is 9.59 Å². The van der Waals surface area contributed by atoms with Gasteiger partial charge in [-0.15, -0.1) is 0 Å². The molecule has 3 atom stereocenters. The SMILES string of the molecule is CC(CCC(=O)NC1(C(C#N)C2CCCCC2)CCNC1)C(N)=O. The van der Waals surface area contributed by atoms with Crippen LogP contribution in [0, 0.1) is 29.1 Å². The van der Waals surface area contributed by atoms with Crippen molar-refractivity contribution in [3.05, 3.63) is 0 Å². The van der Waals surface area contributed by atoms with E-state index in [0.717, 1.165) is 25.8 Å². The molecule has 1 heterocycles. The van der Waals surface area contributed by atoms with Crippen LogP contribution in [0.25, 0.3) is 0 Å². The number of nitrogens with one attached hydrogen (secondary N) is 2. The highest BCUT2D eigenvalue weighted by Crippen LogP contribution is 2.38. The topological polar surface area (TPSA) is 108 Å². The third-order valence-corrected chi connectivity index (χ3v) is 5.72. The van der Waals surface area contributed by atoms with Crippen LogP contribution in [0.3, 0.4) is 0 Å². The van der Waals surface area contributed by atoms with Gasteiger partial charge in [-0.1, -0.05) is 26.2 Å². The lowest BCUT2D eigenvalue weighted by molar-refractivity contribution is -0.124.